The molecule has 30 heavy (non-hydrogen) atoms. The van der Waals surface area contributed by atoms with E-state index in [1.807, 2.05) is 33.7 Å². The van der Waals surface area contributed by atoms with E-state index in [-0.39, 0.29) is 35.4 Å². The molecule has 2 aromatic rings. The minimum absolute atomic E-state index is 0.0251. The number of hydrogen-bond acceptors (Lipinski definition) is 4. The number of fused-ring (bicyclic) bond motifs is 4. The van der Waals surface area contributed by atoms with E-state index >= 15 is 0 Å². The molecule has 1 amide bonds. The topological polar surface area (TPSA) is 60.8 Å². The molecule has 158 valence electrons. The van der Waals surface area contributed by atoms with Crippen molar-refractivity contribution in [3.05, 3.63) is 64.1 Å². The highest BCUT2D eigenvalue weighted by Gasteiger charge is 2.43. The second-order valence-corrected chi connectivity index (χ2v) is 8.72. The fraction of sp³-hybridized carbons (Fsp3) is 0.500. The zero-order valence-corrected chi connectivity index (χ0v) is 17.3. The molecule has 6 nitrogen and oxygen atoms in total. The Balaban J connectivity index is 1.49. The largest absolute Gasteiger partial charge is 0.497 e. The smallest absolute Gasteiger partial charge is 0.251 e. The lowest BCUT2D eigenvalue weighted by molar-refractivity contribution is -0.144. The normalized spacial score (nSPS) is 27.6. The molecular weight excluding hydrogens is 380 g/mol. The van der Waals surface area contributed by atoms with Crippen molar-refractivity contribution in [2.75, 3.05) is 26.8 Å². The molecule has 4 heterocycles. The number of rotatable bonds is 4. The summed E-state index contributed by atoms with van der Waals surface area (Å²) in [7, 11) is 1.67. The molecule has 1 aromatic carbocycles. The van der Waals surface area contributed by atoms with Gasteiger partial charge < -0.3 is 18.9 Å². The predicted octanol–water partition coefficient (Wildman–Crippen LogP) is 2.77. The average Bonchev–Trinajstić information content (AvgIpc) is 3.31. The number of ether oxygens (including phenoxy) is 2. The Kier molecular flexibility index (Phi) is 5.11. The number of methoxy groups -OCH3 is 1. The van der Waals surface area contributed by atoms with Gasteiger partial charge in [-0.25, -0.2) is 0 Å². The summed E-state index contributed by atoms with van der Waals surface area (Å²) < 4.78 is 13.0. The van der Waals surface area contributed by atoms with Crippen molar-refractivity contribution in [1.29, 1.82) is 0 Å². The average molecular weight is 408 g/mol. The van der Waals surface area contributed by atoms with Gasteiger partial charge in [0.2, 0.25) is 0 Å². The summed E-state index contributed by atoms with van der Waals surface area (Å²) in [6, 6.07) is 13.6. The minimum atomic E-state index is -0.293. The molecule has 1 aromatic heterocycles. The van der Waals surface area contributed by atoms with E-state index in [9.17, 15) is 9.59 Å². The van der Waals surface area contributed by atoms with Crippen molar-refractivity contribution in [2.24, 2.45) is 5.92 Å². The van der Waals surface area contributed by atoms with Crippen LogP contribution in [0.4, 0.5) is 0 Å². The Morgan fingerprint density at radius 1 is 1.20 bits per heavy atom. The van der Waals surface area contributed by atoms with Crippen molar-refractivity contribution in [1.82, 2.24) is 9.47 Å². The summed E-state index contributed by atoms with van der Waals surface area (Å²) >= 11 is 0. The van der Waals surface area contributed by atoms with Crippen LogP contribution in [-0.2, 0) is 16.0 Å². The molecule has 4 atom stereocenters. The Morgan fingerprint density at radius 2 is 2.07 bits per heavy atom. The maximum Gasteiger partial charge on any atom is 0.251 e. The van der Waals surface area contributed by atoms with E-state index in [4.69, 9.17) is 9.47 Å². The minimum Gasteiger partial charge on any atom is -0.497 e. The molecule has 3 aliphatic rings. The fourth-order valence-electron chi connectivity index (χ4n) is 5.50. The van der Waals surface area contributed by atoms with E-state index in [1.165, 1.54) is 0 Å². The highest BCUT2D eigenvalue weighted by molar-refractivity contribution is 5.81. The summed E-state index contributed by atoms with van der Waals surface area (Å²) in [6.45, 7) is 2.03. The first kappa shape index (κ1) is 19.4. The van der Waals surface area contributed by atoms with Crippen LogP contribution in [-0.4, -0.2) is 48.3 Å². The van der Waals surface area contributed by atoms with E-state index in [0.29, 0.717) is 19.7 Å². The van der Waals surface area contributed by atoms with Gasteiger partial charge in [0.1, 0.15) is 11.9 Å². The lowest BCUT2D eigenvalue weighted by Crippen LogP contribution is -2.53. The van der Waals surface area contributed by atoms with Gasteiger partial charge in [0.05, 0.1) is 7.11 Å². The predicted molar refractivity (Wildman–Crippen MR) is 113 cm³/mol. The number of nitrogens with zero attached hydrogens (tertiary/aromatic N) is 2. The van der Waals surface area contributed by atoms with Crippen LogP contribution in [0.15, 0.2) is 47.3 Å². The first-order valence-corrected chi connectivity index (χ1v) is 10.9. The number of hydrogen-bond donors (Lipinski definition) is 0. The number of likely N-dealkylation sites (tertiary alicyclic amines) is 1. The molecule has 0 radical (unpaired) electrons. The summed E-state index contributed by atoms with van der Waals surface area (Å²) in [5.41, 5.74) is 2.24. The lowest BCUT2D eigenvalue weighted by Gasteiger charge is -2.47. The van der Waals surface area contributed by atoms with Crippen LogP contribution < -0.4 is 10.3 Å². The monoisotopic (exact) mass is 408 g/mol. The molecule has 0 spiro atoms. The van der Waals surface area contributed by atoms with Crippen LogP contribution in [0.3, 0.4) is 0 Å². The lowest BCUT2D eigenvalue weighted by atomic mass is 9.76. The third kappa shape index (κ3) is 3.43. The molecule has 6 heteroatoms. The number of amides is 1. The van der Waals surface area contributed by atoms with Gasteiger partial charge in [0.15, 0.2) is 0 Å². The highest BCUT2D eigenvalue weighted by Crippen LogP contribution is 2.42. The number of benzene rings is 1. The second kappa shape index (κ2) is 7.91. The van der Waals surface area contributed by atoms with Crippen LogP contribution in [0.2, 0.25) is 0 Å². The standard InChI is InChI=1S/C24H28N2O4/c1-29-19-6-2-5-16(11-19)12-21-18-13-17(20-7-3-9-23(27)26(20)21)14-25(15-18)24(28)22-8-4-10-30-22/h2-3,5-7,9,11,17-18,21-22H,4,8,10,12-15H2,1H3/t17-,18+,21+,22-/m1/s1. The number of carbonyl (C=O) groups excluding carboxylic acids is 1. The van der Waals surface area contributed by atoms with Gasteiger partial charge >= 0.3 is 0 Å². The maximum atomic E-state index is 13.1. The zero-order chi connectivity index (χ0) is 20.7. The summed E-state index contributed by atoms with van der Waals surface area (Å²) in [4.78, 5) is 28.0. The van der Waals surface area contributed by atoms with Gasteiger partial charge in [-0.3, -0.25) is 9.59 Å². The summed E-state index contributed by atoms with van der Waals surface area (Å²) in [5, 5.41) is 0. The SMILES string of the molecule is COc1cccc(C[C@H]2[C@H]3C[C@H](CN(C(=O)[C@H]4CCCO4)C3)c3cccc(=O)n32)c1. The Morgan fingerprint density at radius 3 is 2.87 bits per heavy atom. The van der Waals surface area contributed by atoms with E-state index in [1.54, 1.807) is 13.2 Å². The van der Waals surface area contributed by atoms with Crippen molar-refractivity contribution in [3.63, 3.8) is 0 Å². The van der Waals surface area contributed by atoms with Crippen LogP contribution in [0, 0.1) is 5.92 Å². The summed E-state index contributed by atoms with van der Waals surface area (Å²) in [5.74, 6) is 1.38. The van der Waals surface area contributed by atoms with Crippen molar-refractivity contribution in [2.45, 2.75) is 43.7 Å². The number of carbonyl (C=O) groups is 1. The fourth-order valence-corrected chi connectivity index (χ4v) is 5.50. The van der Waals surface area contributed by atoms with E-state index in [2.05, 4.69) is 12.1 Å². The van der Waals surface area contributed by atoms with Crippen molar-refractivity contribution >= 4 is 5.91 Å². The maximum absolute atomic E-state index is 13.1. The third-order valence-electron chi connectivity index (χ3n) is 6.89. The molecule has 0 aliphatic carbocycles. The number of aromatic nitrogens is 1. The van der Waals surface area contributed by atoms with Crippen molar-refractivity contribution in [3.8, 4) is 5.75 Å². The van der Waals surface area contributed by atoms with Gasteiger partial charge in [-0.15, -0.1) is 0 Å². The molecule has 3 aliphatic heterocycles. The van der Waals surface area contributed by atoms with Gasteiger partial charge in [0, 0.05) is 43.4 Å². The van der Waals surface area contributed by atoms with Gasteiger partial charge in [-0.1, -0.05) is 18.2 Å². The molecule has 0 unspecified atom stereocenters. The molecule has 5 rings (SSSR count). The first-order valence-electron chi connectivity index (χ1n) is 10.9. The molecule has 2 bridgehead atoms. The molecule has 2 saturated heterocycles. The van der Waals surface area contributed by atoms with Crippen LogP contribution in [0.1, 0.15) is 42.5 Å². The summed E-state index contributed by atoms with van der Waals surface area (Å²) in [6.07, 6.45) is 3.22. The van der Waals surface area contributed by atoms with Crippen LogP contribution >= 0.6 is 0 Å². The Bertz CT molecular complexity index is 995. The third-order valence-corrected chi connectivity index (χ3v) is 6.89. The first-order chi connectivity index (χ1) is 14.6. The Labute approximate surface area is 176 Å². The van der Waals surface area contributed by atoms with Gasteiger partial charge in [-0.05, 0) is 55.4 Å². The molecular formula is C24H28N2O4. The molecule has 0 saturated carbocycles. The number of pyridine rings is 1. The van der Waals surface area contributed by atoms with E-state index in [0.717, 1.165) is 42.7 Å². The number of piperidine rings is 1. The quantitative estimate of drug-likeness (QED) is 0.781. The van der Waals surface area contributed by atoms with Crippen molar-refractivity contribution < 1.29 is 14.3 Å². The molecule has 2 fully saturated rings. The zero-order valence-electron chi connectivity index (χ0n) is 17.3. The highest BCUT2D eigenvalue weighted by atomic mass is 16.5. The van der Waals surface area contributed by atoms with E-state index < -0.39 is 0 Å². The van der Waals surface area contributed by atoms with Gasteiger partial charge in [-0.2, -0.15) is 0 Å². The van der Waals surface area contributed by atoms with Gasteiger partial charge in [0.25, 0.3) is 11.5 Å². The molecule has 0 N–H and O–H groups in total. The van der Waals surface area contributed by atoms with Crippen LogP contribution in [0.25, 0.3) is 0 Å². The Hall–Kier alpha value is -2.60. The van der Waals surface area contributed by atoms with Crippen LogP contribution in [0.5, 0.6) is 5.75 Å². The second-order valence-electron chi connectivity index (χ2n) is 8.72.